The molecule has 0 saturated heterocycles. The van der Waals surface area contributed by atoms with Crippen molar-refractivity contribution in [2.75, 3.05) is 6.54 Å². The van der Waals surface area contributed by atoms with Crippen molar-refractivity contribution in [1.29, 1.82) is 0 Å². The van der Waals surface area contributed by atoms with Crippen molar-refractivity contribution in [2.45, 2.75) is 45.7 Å². The Morgan fingerprint density at radius 2 is 2.05 bits per heavy atom. The summed E-state index contributed by atoms with van der Waals surface area (Å²) in [4.78, 5) is 4.51. The molecular weight excluding hydrogens is 326 g/mol. The van der Waals surface area contributed by atoms with Gasteiger partial charge in [-0.25, -0.2) is 4.98 Å². The van der Waals surface area contributed by atoms with Crippen LogP contribution in [0.5, 0.6) is 0 Å². The van der Waals surface area contributed by atoms with Gasteiger partial charge in [-0.1, -0.05) is 41.1 Å². The minimum absolute atomic E-state index is 0.413. The van der Waals surface area contributed by atoms with Gasteiger partial charge in [0.1, 0.15) is 5.82 Å². The van der Waals surface area contributed by atoms with Crippen molar-refractivity contribution in [2.24, 2.45) is 0 Å². The van der Waals surface area contributed by atoms with E-state index in [0.29, 0.717) is 6.04 Å². The van der Waals surface area contributed by atoms with E-state index in [1.807, 2.05) is 6.20 Å². The van der Waals surface area contributed by atoms with Gasteiger partial charge in [0.25, 0.3) is 0 Å². The predicted octanol–water partition coefficient (Wildman–Crippen LogP) is 3.82. The molecule has 0 amide bonds. The summed E-state index contributed by atoms with van der Waals surface area (Å²) in [5.74, 6) is 1.16. The van der Waals surface area contributed by atoms with Crippen LogP contribution in [0.4, 0.5) is 0 Å². The first-order valence-corrected chi connectivity index (χ1v) is 8.50. The molecule has 0 aliphatic carbocycles. The number of hydrogen-bond donors (Lipinski definition) is 1. The number of rotatable bonds is 8. The van der Waals surface area contributed by atoms with Gasteiger partial charge in [0.05, 0.1) is 0 Å². The second-order valence-corrected chi connectivity index (χ2v) is 6.13. The van der Waals surface area contributed by atoms with E-state index < -0.39 is 0 Å². The lowest BCUT2D eigenvalue weighted by molar-refractivity contribution is 0.485. The molecule has 0 radical (unpaired) electrons. The van der Waals surface area contributed by atoms with Crippen LogP contribution in [0.3, 0.4) is 0 Å². The van der Waals surface area contributed by atoms with E-state index in [1.165, 1.54) is 10.0 Å². The van der Waals surface area contributed by atoms with Crippen LogP contribution in [0, 0.1) is 0 Å². The maximum Gasteiger partial charge on any atom is 0.110 e. The summed E-state index contributed by atoms with van der Waals surface area (Å²) in [5, 5.41) is 3.66. The highest BCUT2D eigenvalue weighted by Crippen LogP contribution is 2.18. The second kappa shape index (κ2) is 8.35. The number of benzene rings is 1. The Morgan fingerprint density at radius 1 is 1.24 bits per heavy atom. The molecule has 114 valence electrons. The standard InChI is InChI=1S/C17H24BrN3/c1-3-9-19-15(12-14-7-5-6-8-16(14)18)13-17-20-10-11-21(17)4-2/h5-8,10-11,15,19H,3-4,9,12-13H2,1-2H3. The molecule has 4 heteroatoms. The van der Waals surface area contributed by atoms with E-state index in [9.17, 15) is 0 Å². The number of nitrogens with one attached hydrogen (secondary N) is 1. The molecule has 0 bridgehead atoms. The first-order chi connectivity index (χ1) is 10.2. The highest BCUT2D eigenvalue weighted by Gasteiger charge is 2.14. The first-order valence-electron chi connectivity index (χ1n) is 7.71. The number of halogens is 1. The average molecular weight is 350 g/mol. The van der Waals surface area contributed by atoms with Crippen LogP contribution in [0.15, 0.2) is 41.1 Å². The molecule has 0 spiro atoms. The molecule has 0 aliphatic rings. The summed E-state index contributed by atoms with van der Waals surface area (Å²) in [6.45, 7) is 6.38. The largest absolute Gasteiger partial charge is 0.335 e. The quantitative estimate of drug-likeness (QED) is 0.784. The van der Waals surface area contributed by atoms with Gasteiger partial charge in [0, 0.05) is 35.9 Å². The predicted molar refractivity (Wildman–Crippen MR) is 91.5 cm³/mol. The van der Waals surface area contributed by atoms with Crippen molar-refractivity contribution >= 4 is 15.9 Å². The minimum Gasteiger partial charge on any atom is -0.335 e. The lowest BCUT2D eigenvalue weighted by Gasteiger charge is -2.19. The molecule has 1 aromatic heterocycles. The summed E-state index contributed by atoms with van der Waals surface area (Å²) in [7, 11) is 0. The molecular formula is C17H24BrN3. The molecule has 1 heterocycles. The van der Waals surface area contributed by atoms with Gasteiger partial charge in [0.15, 0.2) is 0 Å². The summed E-state index contributed by atoms with van der Waals surface area (Å²) in [6.07, 6.45) is 7.08. The summed E-state index contributed by atoms with van der Waals surface area (Å²) in [5.41, 5.74) is 1.35. The van der Waals surface area contributed by atoms with Crippen LogP contribution >= 0.6 is 15.9 Å². The van der Waals surface area contributed by atoms with Gasteiger partial charge in [-0.15, -0.1) is 0 Å². The number of hydrogen-bond acceptors (Lipinski definition) is 2. The fourth-order valence-corrected chi connectivity index (χ4v) is 2.98. The molecule has 2 rings (SSSR count). The number of imidazole rings is 1. The van der Waals surface area contributed by atoms with Crippen LogP contribution in [-0.4, -0.2) is 22.1 Å². The lowest BCUT2D eigenvalue weighted by atomic mass is 10.0. The molecule has 21 heavy (non-hydrogen) atoms. The molecule has 0 aliphatic heterocycles. The van der Waals surface area contributed by atoms with Crippen LogP contribution in [-0.2, 0) is 19.4 Å². The van der Waals surface area contributed by atoms with Gasteiger partial charge in [-0.2, -0.15) is 0 Å². The summed E-state index contributed by atoms with van der Waals surface area (Å²) < 4.78 is 3.41. The molecule has 0 fully saturated rings. The third-order valence-corrected chi connectivity index (χ3v) is 4.45. The Morgan fingerprint density at radius 3 is 2.76 bits per heavy atom. The third-order valence-electron chi connectivity index (χ3n) is 3.68. The Balaban J connectivity index is 2.09. The van der Waals surface area contributed by atoms with E-state index in [1.54, 1.807) is 0 Å². The van der Waals surface area contributed by atoms with Crippen molar-refractivity contribution in [3.05, 3.63) is 52.5 Å². The van der Waals surface area contributed by atoms with Crippen molar-refractivity contribution in [3.8, 4) is 0 Å². The highest BCUT2D eigenvalue weighted by molar-refractivity contribution is 9.10. The van der Waals surface area contributed by atoms with Crippen LogP contribution in [0.25, 0.3) is 0 Å². The Kier molecular flexibility index (Phi) is 6.46. The fraction of sp³-hybridized carbons (Fsp3) is 0.471. The van der Waals surface area contributed by atoms with Crippen LogP contribution in [0.1, 0.15) is 31.7 Å². The number of aromatic nitrogens is 2. The van der Waals surface area contributed by atoms with E-state index >= 15 is 0 Å². The smallest absolute Gasteiger partial charge is 0.110 e. The van der Waals surface area contributed by atoms with Crippen molar-refractivity contribution in [1.82, 2.24) is 14.9 Å². The number of nitrogens with zero attached hydrogens (tertiary/aromatic N) is 2. The monoisotopic (exact) mass is 349 g/mol. The van der Waals surface area contributed by atoms with Gasteiger partial charge in [-0.05, 0) is 37.9 Å². The topological polar surface area (TPSA) is 29.9 Å². The SMILES string of the molecule is CCCNC(Cc1ccccc1Br)Cc1nccn1CC. The third kappa shape index (κ3) is 4.68. The second-order valence-electron chi connectivity index (χ2n) is 5.28. The first kappa shape index (κ1) is 16.2. The molecule has 1 atom stereocenters. The van der Waals surface area contributed by atoms with E-state index in [0.717, 1.165) is 38.2 Å². The highest BCUT2D eigenvalue weighted by atomic mass is 79.9. The zero-order valence-electron chi connectivity index (χ0n) is 12.8. The Bertz CT molecular complexity index is 550. The van der Waals surface area contributed by atoms with Gasteiger partial charge >= 0.3 is 0 Å². The van der Waals surface area contributed by atoms with Gasteiger partial charge in [0.2, 0.25) is 0 Å². The number of aryl methyl sites for hydroxylation is 1. The molecule has 1 N–H and O–H groups in total. The molecule has 2 aromatic rings. The lowest BCUT2D eigenvalue weighted by Crippen LogP contribution is -2.34. The molecule has 1 unspecified atom stereocenters. The van der Waals surface area contributed by atoms with E-state index in [2.05, 4.69) is 75.1 Å². The van der Waals surface area contributed by atoms with Gasteiger partial charge in [-0.3, -0.25) is 0 Å². The summed E-state index contributed by atoms with van der Waals surface area (Å²) in [6, 6.07) is 8.88. The maximum atomic E-state index is 4.51. The fourth-order valence-electron chi connectivity index (χ4n) is 2.53. The molecule has 1 aromatic carbocycles. The van der Waals surface area contributed by atoms with Crippen molar-refractivity contribution in [3.63, 3.8) is 0 Å². The molecule has 0 saturated carbocycles. The minimum atomic E-state index is 0.413. The summed E-state index contributed by atoms with van der Waals surface area (Å²) >= 11 is 3.65. The van der Waals surface area contributed by atoms with Crippen LogP contribution < -0.4 is 5.32 Å². The Hall–Kier alpha value is -1.13. The Labute approximate surface area is 135 Å². The average Bonchev–Trinajstić information content (AvgIpc) is 2.94. The van der Waals surface area contributed by atoms with Gasteiger partial charge < -0.3 is 9.88 Å². The maximum absolute atomic E-state index is 4.51. The molecule has 3 nitrogen and oxygen atoms in total. The van der Waals surface area contributed by atoms with E-state index in [4.69, 9.17) is 0 Å². The van der Waals surface area contributed by atoms with Crippen LogP contribution in [0.2, 0.25) is 0 Å². The van der Waals surface area contributed by atoms with Crippen molar-refractivity contribution < 1.29 is 0 Å². The van der Waals surface area contributed by atoms with E-state index in [-0.39, 0.29) is 0 Å². The zero-order valence-corrected chi connectivity index (χ0v) is 14.4. The normalized spacial score (nSPS) is 12.5. The zero-order chi connectivity index (χ0) is 15.1.